The topological polar surface area (TPSA) is 87.6 Å². The lowest BCUT2D eigenvalue weighted by molar-refractivity contribution is 0.0954. The fraction of sp³-hybridized carbons (Fsp3) is 0.259. The van der Waals surface area contributed by atoms with Crippen LogP contribution in [0.3, 0.4) is 0 Å². The quantitative estimate of drug-likeness (QED) is 0.287. The fourth-order valence-corrected chi connectivity index (χ4v) is 5.61. The van der Waals surface area contributed by atoms with Crippen LogP contribution in [0.5, 0.6) is 0 Å². The average Bonchev–Trinajstić information content (AvgIpc) is 2.89. The van der Waals surface area contributed by atoms with Crippen LogP contribution >= 0.6 is 11.6 Å². The number of para-hydroxylation sites is 1. The predicted octanol–water partition coefficient (Wildman–Crippen LogP) is 6.34. The van der Waals surface area contributed by atoms with Gasteiger partial charge in [0.1, 0.15) is 0 Å². The number of anilines is 1. The molecule has 3 aromatic carbocycles. The lowest BCUT2D eigenvalue weighted by atomic mass is 9.84. The number of hydrazone groups is 1. The molecule has 1 saturated carbocycles. The molecule has 0 heterocycles. The van der Waals surface area contributed by atoms with Gasteiger partial charge in [-0.05, 0) is 67.1 Å². The van der Waals surface area contributed by atoms with Crippen molar-refractivity contribution < 1.29 is 13.2 Å². The minimum absolute atomic E-state index is 0.0518. The number of carbonyl (C=O) groups is 1. The Balaban J connectivity index is 1.43. The zero-order valence-electron chi connectivity index (χ0n) is 19.5. The van der Waals surface area contributed by atoms with Crippen LogP contribution in [0.15, 0.2) is 82.8 Å². The molecular formula is C27H28ClN3O3S. The summed E-state index contributed by atoms with van der Waals surface area (Å²) < 4.78 is 28.0. The van der Waals surface area contributed by atoms with E-state index in [1.54, 1.807) is 24.3 Å². The Bertz CT molecular complexity index is 1330. The number of hydrogen-bond donors (Lipinski definition) is 2. The van der Waals surface area contributed by atoms with E-state index in [2.05, 4.69) is 27.4 Å². The Kier molecular flexibility index (Phi) is 7.88. The summed E-state index contributed by atoms with van der Waals surface area (Å²) in [6, 6.07) is 20.7. The molecule has 1 aliphatic carbocycles. The van der Waals surface area contributed by atoms with Crippen LogP contribution < -0.4 is 10.1 Å². The number of amides is 1. The Morgan fingerprint density at radius 1 is 0.914 bits per heavy atom. The summed E-state index contributed by atoms with van der Waals surface area (Å²) in [6.45, 7) is 1.82. The first kappa shape index (κ1) is 24.9. The smallest absolute Gasteiger partial charge is 0.271 e. The van der Waals surface area contributed by atoms with E-state index in [1.165, 1.54) is 61.9 Å². The summed E-state index contributed by atoms with van der Waals surface area (Å²) >= 11 is 6.06. The monoisotopic (exact) mass is 509 g/mol. The molecule has 6 nitrogen and oxygen atoms in total. The van der Waals surface area contributed by atoms with Gasteiger partial charge >= 0.3 is 0 Å². The highest BCUT2D eigenvalue weighted by atomic mass is 35.5. The second-order valence-corrected chi connectivity index (χ2v) is 10.8. The summed E-state index contributed by atoms with van der Waals surface area (Å²) in [5, 5.41) is 4.50. The molecule has 0 radical (unpaired) electrons. The van der Waals surface area contributed by atoms with Crippen LogP contribution in [0.4, 0.5) is 5.69 Å². The first-order valence-corrected chi connectivity index (χ1v) is 13.5. The minimum atomic E-state index is -3.93. The van der Waals surface area contributed by atoms with Crippen molar-refractivity contribution >= 4 is 38.9 Å². The van der Waals surface area contributed by atoms with Gasteiger partial charge in [0.2, 0.25) is 0 Å². The maximum Gasteiger partial charge on any atom is 0.271 e. The van der Waals surface area contributed by atoms with Gasteiger partial charge < -0.3 is 0 Å². The number of carbonyl (C=O) groups excluding carboxylic acids is 1. The van der Waals surface area contributed by atoms with Crippen molar-refractivity contribution in [2.75, 3.05) is 4.72 Å². The lowest BCUT2D eigenvalue weighted by Crippen LogP contribution is -2.20. The van der Waals surface area contributed by atoms with Gasteiger partial charge in [0.25, 0.3) is 15.9 Å². The number of nitrogens with one attached hydrogen (secondary N) is 2. The molecule has 0 unspecified atom stereocenters. The van der Waals surface area contributed by atoms with E-state index < -0.39 is 15.9 Å². The van der Waals surface area contributed by atoms with E-state index in [1.807, 2.05) is 19.1 Å². The van der Waals surface area contributed by atoms with Crippen molar-refractivity contribution in [1.82, 2.24) is 5.43 Å². The third kappa shape index (κ3) is 6.29. The summed E-state index contributed by atoms with van der Waals surface area (Å²) in [5.74, 6) is 0.128. The molecule has 0 atom stereocenters. The maximum atomic E-state index is 12.8. The van der Waals surface area contributed by atoms with Crippen molar-refractivity contribution in [3.05, 3.63) is 94.5 Å². The number of halogens is 1. The highest BCUT2D eigenvalue weighted by Gasteiger charge is 2.18. The first-order chi connectivity index (χ1) is 16.8. The molecule has 35 heavy (non-hydrogen) atoms. The van der Waals surface area contributed by atoms with Crippen LogP contribution in [0.2, 0.25) is 5.02 Å². The van der Waals surface area contributed by atoms with E-state index in [-0.39, 0.29) is 21.2 Å². The normalized spacial score (nSPS) is 15.0. The Morgan fingerprint density at radius 2 is 1.63 bits per heavy atom. The predicted molar refractivity (Wildman–Crippen MR) is 141 cm³/mol. The number of nitrogens with zero attached hydrogens (tertiary/aromatic N) is 1. The van der Waals surface area contributed by atoms with Gasteiger partial charge in [0, 0.05) is 5.56 Å². The second kappa shape index (κ2) is 11.1. The van der Waals surface area contributed by atoms with Crippen molar-refractivity contribution in [2.24, 2.45) is 5.10 Å². The van der Waals surface area contributed by atoms with Gasteiger partial charge in [-0.15, -0.1) is 0 Å². The van der Waals surface area contributed by atoms with Crippen LogP contribution in [-0.2, 0) is 10.0 Å². The van der Waals surface area contributed by atoms with Crippen LogP contribution in [-0.4, -0.2) is 20.0 Å². The number of hydrogen-bond acceptors (Lipinski definition) is 4. The number of rotatable bonds is 7. The van der Waals surface area contributed by atoms with Crippen LogP contribution in [0.25, 0.3) is 0 Å². The van der Waals surface area contributed by atoms with Crippen molar-refractivity contribution in [3.8, 4) is 0 Å². The molecule has 1 aliphatic rings. The minimum Gasteiger partial charge on any atom is -0.278 e. The highest BCUT2D eigenvalue weighted by molar-refractivity contribution is 7.92. The molecular weight excluding hydrogens is 482 g/mol. The Hall–Kier alpha value is -3.16. The van der Waals surface area contributed by atoms with Gasteiger partial charge in [-0.1, -0.05) is 73.3 Å². The van der Waals surface area contributed by atoms with Gasteiger partial charge in [-0.2, -0.15) is 5.10 Å². The van der Waals surface area contributed by atoms with E-state index >= 15 is 0 Å². The lowest BCUT2D eigenvalue weighted by Gasteiger charge is -2.22. The number of benzene rings is 3. The molecule has 4 rings (SSSR count). The van der Waals surface area contributed by atoms with Crippen molar-refractivity contribution in [3.63, 3.8) is 0 Å². The summed E-state index contributed by atoms with van der Waals surface area (Å²) in [4.78, 5) is 12.6. The summed E-state index contributed by atoms with van der Waals surface area (Å²) in [6.07, 6.45) is 6.39. The molecule has 0 bridgehead atoms. The second-order valence-electron chi connectivity index (χ2n) is 8.71. The molecule has 0 saturated heterocycles. The maximum absolute atomic E-state index is 12.8. The largest absolute Gasteiger partial charge is 0.278 e. The van der Waals surface area contributed by atoms with Crippen LogP contribution in [0.1, 0.15) is 66.4 Å². The third-order valence-corrected chi connectivity index (χ3v) is 7.95. The molecule has 1 amide bonds. The molecule has 0 spiro atoms. The Labute approximate surface area is 211 Å². The SMILES string of the molecule is CC(=NNC(=O)c1cccc(S(=O)(=O)Nc2ccccc2Cl)c1)c1ccc(C2CCCCC2)cc1. The average molecular weight is 510 g/mol. The van der Waals surface area contributed by atoms with E-state index in [4.69, 9.17) is 11.6 Å². The standard InChI is InChI=1S/C27H28ClN3O3S/c1-19(20-14-16-22(17-15-20)21-8-3-2-4-9-21)29-30-27(32)23-10-7-11-24(18-23)35(33,34)31-26-13-6-5-12-25(26)28/h5-7,10-18,21,31H,2-4,8-9H2,1H3,(H,30,32). The summed E-state index contributed by atoms with van der Waals surface area (Å²) in [5.41, 5.74) is 5.91. The highest BCUT2D eigenvalue weighted by Crippen LogP contribution is 2.32. The zero-order chi connectivity index (χ0) is 24.8. The van der Waals surface area contributed by atoms with Gasteiger partial charge in [0.15, 0.2) is 0 Å². The van der Waals surface area contributed by atoms with Gasteiger partial charge in [-0.25, -0.2) is 13.8 Å². The molecule has 2 N–H and O–H groups in total. The van der Waals surface area contributed by atoms with E-state index in [0.717, 1.165) is 5.56 Å². The molecule has 0 aromatic heterocycles. The van der Waals surface area contributed by atoms with Crippen molar-refractivity contribution in [1.29, 1.82) is 0 Å². The third-order valence-electron chi connectivity index (χ3n) is 6.25. The van der Waals surface area contributed by atoms with E-state index in [0.29, 0.717) is 11.6 Å². The molecule has 0 aliphatic heterocycles. The fourth-order valence-electron chi connectivity index (χ4n) is 4.25. The molecule has 3 aromatic rings. The first-order valence-electron chi connectivity index (χ1n) is 11.7. The number of sulfonamides is 1. The Morgan fingerprint density at radius 3 is 2.34 bits per heavy atom. The molecule has 8 heteroatoms. The molecule has 1 fully saturated rings. The summed E-state index contributed by atoms with van der Waals surface area (Å²) in [7, 11) is -3.93. The van der Waals surface area contributed by atoms with Gasteiger partial charge in [-0.3, -0.25) is 9.52 Å². The van der Waals surface area contributed by atoms with Crippen molar-refractivity contribution in [2.45, 2.75) is 49.8 Å². The van der Waals surface area contributed by atoms with Crippen LogP contribution in [0, 0.1) is 0 Å². The van der Waals surface area contributed by atoms with E-state index in [9.17, 15) is 13.2 Å². The molecule has 182 valence electrons. The van der Waals surface area contributed by atoms with Gasteiger partial charge in [0.05, 0.1) is 21.3 Å². The zero-order valence-corrected chi connectivity index (χ0v) is 21.1.